The Hall–Kier alpha value is -1.61. The number of urea groups is 1. The molecule has 0 fully saturated rings. The Bertz CT molecular complexity index is 301. The van der Waals surface area contributed by atoms with Crippen molar-refractivity contribution in [2.45, 2.75) is 26.3 Å². The molecule has 0 aromatic carbocycles. The van der Waals surface area contributed by atoms with E-state index in [0.29, 0.717) is 0 Å². The number of hydrogen-bond donors (Lipinski definition) is 2. The number of likely N-dealkylation sites (N-methyl/N-ethyl adjacent to an activating group) is 1. The van der Waals surface area contributed by atoms with Crippen LogP contribution in [0.1, 0.15) is 20.8 Å². The smallest absolute Gasteiger partial charge is 0.321 e. The van der Waals surface area contributed by atoms with E-state index in [1.165, 1.54) is 4.90 Å². The molecule has 90 valence electrons. The summed E-state index contributed by atoms with van der Waals surface area (Å²) in [4.78, 5) is 24.1. The van der Waals surface area contributed by atoms with Gasteiger partial charge in [0.05, 0.1) is 19.2 Å². The summed E-state index contributed by atoms with van der Waals surface area (Å²) < 4.78 is 0. The maximum absolute atomic E-state index is 11.3. The standard InChI is InChI=1S/C10H18N4O2/c1-10(2,3)13-9(16)12-8(15)7-14(4)6-5-11/h6-7H2,1-4H3,(H2,12,13,15,16). The molecule has 0 aromatic rings. The lowest BCUT2D eigenvalue weighted by Crippen LogP contribution is -2.50. The van der Waals surface area contributed by atoms with E-state index < -0.39 is 11.9 Å². The maximum Gasteiger partial charge on any atom is 0.321 e. The van der Waals surface area contributed by atoms with Gasteiger partial charge in [0.2, 0.25) is 5.91 Å². The number of nitriles is 1. The van der Waals surface area contributed by atoms with Crippen LogP contribution in [0, 0.1) is 11.3 Å². The number of hydrogen-bond acceptors (Lipinski definition) is 4. The highest BCUT2D eigenvalue weighted by Crippen LogP contribution is 1.97. The number of nitrogens with zero attached hydrogens (tertiary/aromatic N) is 2. The fourth-order valence-corrected chi connectivity index (χ4v) is 0.960. The molecule has 2 N–H and O–H groups in total. The topological polar surface area (TPSA) is 85.2 Å². The van der Waals surface area contributed by atoms with Crippen LogP contribution in [0.25, 0.3) is 0 Å². The Morgan fingerprint density at radius 3 is 2.38 bits per heavy atom. The summed E-state index contributed by atoms with van der Waals surface area (Å²) in [5.74, 6) is -0.431. The SMILES string of the molecule is CN(CC#N)CC(=O)NC(=O)NC(C)(C)C. The Morgan fingerprint density at radius 1 is 1.38 bits per heavy atom. The van der Waals surface area contributed by atoms with Gasteiger partial charge in [-0.25, -0.2) is 4.79 Å². The predicted octanol–water partition coefficient (Wildman–Crippen LogP) is 0.0661. The van der Waals surface area contributed by atoms with E-state index in [2.05, 4.69) is 10.6 Å². The highest BCUT2D eigenvalue weighted by molar-refractivity contribution is 5.95. The van der Waals surface area contributed by atoms with Crippen molar-refractivity contribution < 1.29 is 9.59 Å². The summed E-state index contributed by atoms with van der Waals surface area (Å²) >= 11 is 0. The predicted molar refractivity (Wildman–Crippen MR) is 59.5 cm³/mol. The Kier molecular flexibility index (Phi) is 5.47. The molecule has 0 aliphatic carbocycles. The molecule has 0 spiro atoms. The molecule has 0 aromatic heterocycles. The summed E-state index contributed by atoms with van der Waals surface area (Å²) in [5, 5.41) is 13.2. The molecule has 0 saturated carbocycles. The van der Waals surface area contributed by atoms with Gasteiger partial charge in [-0.2, -0.15) is 5.26 Å². The van der Waals surface area contributed by atoms with Crippen LogP contribution in [0.2, 0.25) is 0 Å². The molecule has 6 heteroatoms. The van der Waals surface area contributed by atoms with E-state index in [1.54, 1.807) is 7.05 Å². The third-order valence-electron chi connectivity index (χ3n) is 1.50. The van der Waals surface area contributed by atoms with Crippen LogP contribution >= 0.6 is 0 Å². The van der Waals surface area contributed by atoms with Gasteiger partial charge in [-0.3, -0.25) is 15.0 Å². The van der Waals surface area contributed by atoms with E-state index in [0.717, 1.165) is 0 Å². The highest BCUT2D eigenvalue weighted by Gasteiger charge is 2.16. The molecular weight excluding hydrogens is 208 g/mol. The minimum atomic E-state index is -0.525. The quantitative estimate of drug-likeness (QED) is 0.667. The molecule has 0 heterocycles. The van der Waals surface area contributed by atoms with Crippen molar-refractivity contribution >= 4 is 11.9 Å². The number of carbonyl (C=O) groups is 2. The molecule has 16 heavy (non-hydrogen) atoms. The number of imide groups is 1. The van der Waals surface area contributed by atoms with E-state index >= 15 is 0 Å². The van der Waals surface area contributed by atoms with E-state index in [1.807, 2.05) is 26.8 Å². The van der Waals surface area contributed by atoms with Gasteiger partial charge >= 0.3 is 6.03 Å². The average molecular weight is 226 g/mol. The summed E-state index contributed by atoms with van der Waals surface area (Å²) in [7, 11) is 1.63. The zero-order valence-electron chi connectivity index (χ0n) is 10.1. The van der Waals surface area contributed by atoms with Crippen LogP contribution in [0.3, 0.4) is 0 Å². The second-order valence-electron chi connectivity index (χ2n) is 4.58. The van der Waals surface area contributed by atoms with Crippen molar-refractivity contribution in [3.8, 4) is 6.07 Å². The molecule has 0 radical (unpaired) electrons. The number of nitrogens with one attached hydrogen (secondary N) is 2. The molecule has 0 rings (SSSR count). The van der Waals surface area contributed by atoms with Crippen molar-refractivity contribution in [2.24, 2.45) is 0 Å². The van der Waals surface area contributed by atoms with Gasteiger partial charge in [-0.05, 0) is 27.8 Å². The van der Waals surface area contributed by atoms with Crippen LogP contribution in [0.4, 0.5) is 4.79 Å². The van der Waals surface area contributed by atoms with Crippen LogP contribution in [-0.4, -0.2) is 42.5 Å². The normalized spacial score (nSPS) is 10.8. The Balaban J connectivity index is 3.98. The van der Waals surface area contributed by atoms with Crippen molar-refractivity contribution in [3.05, 3.63) is 0 Å². The van der Waals surface area contributed by atoms with E-state index in [4.69, 9.17) is 5.26 Å². The highest BCUT2D eigenvalue weighted by atomic mass is 16.2. The molecule has 0 atom stereocenters. The minimum absolute atomic E-state index is 0.0190. The summed E-state index contributed by atoms with van der Waals surface area (Å²) in [6.45, 7) is 5.62. The van der Waals surface area contributed by atoms with Crippen molar-refractivity contribution in [3.63, 3.8) is 0 Å². The summed E-state index contributed by atoms with van der Waals surface area (Å²) in [6.07, 6.45) is 0. The van der Waals surface area contributed by atoms with Crippen LogP contribution in [-0.2, 0) is 4.79 Å². The van der Waals surface area contributed by atoms with Gasteiger partial charge in [0.1, 0.15) is 0 Å². The van der Waals surface area contributed by atoms with Crippen LogP contribution in [0.15, 0.2) is 0 Å². The number of carbonyl (C=O) groups excluding carboxylic acids is 2. The third kappa shape index (κ3) is 7.76. The van der Waals surface area contributed by atoms with Gasteiger partial charge in [0, 0.05) is 5.54 Å². The molecule has 6 nitrogen and oxygen atoms in total. The lowest BCUT2D eigenvalue weighted by molar-refractivity contribution is -0.120. The van der Waals surface area contributed by atoms with Crippen LogP contribution in [0.5, 0.6) is 0 Å². The Labute approximate surface area is 95.6 Å². The molecule has 0 saturated heterocycles. The van der Waals surface area contributed by atoms with Gasteiger partial charge in [-0.15, -0.1) is 0 Å². The number of rotatable bonds is 3. The molecule has 0 aliphatic rings. The first-order chi connectivity index (χ1) is 7.24. The monoisotopic (exact) mass is 226 g/mol. The molecule has 0 aliphatic heterocycles. The van der Waals surface area contributed by atoms with Crippen LogP contribution < -0.4 is 10.6 Å². The number of amides is 3. The van der Waals surface area contributed by atoms with Gasteiger partial charge in [0.25, 0.3) is 0 Å². The molecule has 0 unspecified atom stereocenters. The second kappa shape index (κ2) is 6.08. The fourth-order valence-electron chi connectivity index (χ4n) is 0.960. The largest absolute Gasteiger partial charge is 0.333 e. The lowest BCUT2D eigenvalue weighted by atomic mass is 10.1. The van der Waals surface area contributed by atoms with E-state index in [-0.39, 0.29) is 18.6 Å². The third-order valence-corrected chi connectivity index (χ3v) is 1.50. The van der Waals surface area contributed by atoms with Gasteiger partial charge in [0.15, 0.2) is 0 Å². The zero-order valence-corrected chi connectivity index (χ0v) is 10.1. The minimum Gasteiger partial charge on any atom is -0.333 e. The average Bonchev–Trinajstić information content (AvgIpc) is 1.98. The Morgan fingerprint density at radius 2 is 1.94 bits per heavy atom. The van der Waals surface area contributed by atoms with Gasteiger partial charge < -0.3 is 5.32 Å². The maximum atomic E-state index is 11.3. The van der Waals surface area contributed by atoms with Crippen molar-refractivity contribution in [1.82, 2.24) is 15.5 Å². The summed E-state index contributed by atoms with van der Waals surface area (Å²) in [5.41, 5.74) is -0.386. The van der Waals surface area contributed by atoms with Crippen molar-refractivity contribution in [1.29, 1.82) is 5.26 Å². The molecule has 3 amide bonds. The zero-order chi connectivity index (χ0) is 12.8. The first-order valence-electron chi connectivity index (χ1n) is 4.92. The second-order valence-corrected chi connectivity index (χ2v) is 4.58. The van der Waals surface area contributed by atoms with Crippen molar-refractivity contribution in [2.75, 3.05) is 20.1 Å². The summed E-state index contributed by atoms with van der Waals surface area (Å²) in [6, 6.07) is 1.38. The molecule has 0 bridgehead atoms. The van der Waals surface area contributed by atoms with E-state index in [9.17, 15) is 9.59 Å². The molecular formula is C10H18N4O2. The first-order valence-corrected chi connectivity index (χ1v) is 4.92. The first kappa shape index (κ1) is 14.4. The lowest BCUT2D eigenvalue weighted by Gasteiger charge is -2.20. The fraction of sp³-hybridized carbons (Fsp3) is 0.700. The van der Waals surface area contributed by atoms with Gasteiger partial charge in [-0.1, -0.05) is 0 Å².